The predicted octanol–water partition coefficient (Wildman–Crippen LogP) is 3.61. The Labute approximate surface area is 122 Å². The molecule has 19 heavy (non-hydrogen) atoms. The predicted molar refractivity (Wildman–Crippen MR) is 81.0 cm³/mol. The van der Waals surface area contributed by atoms with Crippen LogP contribution in [0.4, 0.5) is 0 Å². The zero-order valence-electron chi connectivity index (χ0n) is 11.1. The summed E-state index contributed by atoms with van der Waals surface area (Å²) in [7, 11) is 0. The van der Waals surface area contributed by atoms with Crippen LogP contribution in [0.25, 0.3) is 11.3 Å². The van der Waals surface area contributed by atoms with Gasteiger partial charge >= 0.3 is 0 Å². The summed E-state index contributed by atoms with van der Waals surface area (Å²) in [5, 5.41) is 7.76. The first-order valence-electron chi connectivity index (χ1n) is 6.83. The van der Waals surface area contributed by atoms with Crippen LogP contribution >= 0.6 is 15.9 Å². The second-order valence-electron chi connectivity index (χ2n) is 5.04. The van der Waals surface area contributed by atoms with Crippen molar-refractivity contribution in [1.82, 2.24) is 15.1 Å². The van der Waals surface area contributed by atoms with Crippen molar-refractivity contribution in [3.8, 4) is 11.3 Å². The van der Waals surface area contributed by atoms with Crippen molar-refractivity contribution in [2.45, 2.75) is 26.3 Å². The molecule has 2 aromatic rings. The minimum absolute atomic E-state index is 1.01. The van der Waals surface area contributed by atoms with E-state index in [1.165, 1.54) is 29.8 Å². The monoisotopic (exact) mass is 319 g/mol. The van der Waals surface area contributed by atoms with Crippen molar-refractivity contribution in [2.24, 2.45) is 0 Å². The van der Waals surface area contributed by atoms with Crippen LogP contribution in [0.3, 0.4) is 0 Å². The highest BCUT2D eigenvalue weighted by atomic mass is 79.9. The highest BCUT2D eigenvalue weighted by molar-refractivity contribution is 9.10. The first-order chi connectivity index (χ1) is 9.29. The molecular weight excluding hydrogens is 302 g/mol. The molecule has 0 unspecified atom stereocenters. The number of halogens is 1. The van der Waals surface area contributed by atoms with Crippen LogP contribution in [0.1, 0.15) is 24.6 Å². The number of nitrogens with one attached hydrogen (secondary N) is 1. The number of hydrogen-bond donors (Lipinski definition) is 1. The Balaban J connectivity index is 1.97. The zero-order valence-corrected chi connectivity index (χ0v) is 12.7. The van der Waals surface area contributed by atoms with Crippen molar-refractivity contribution in [3.05, 3.63) is 40.0 Å². The van der Waals surface area contributed by atoms with Crippen LogP contribution in [0, 0.1) is 0 Å². The third-order valence-corrected chi connectivity index (χ3v) is 4.37. The lowest BCUT2D eigenvalue weighted by atomic mass is 10.0. The van der Waals surface area contributed by atoms with Gasteiger partial charge in [-0.15, -0.1) is 0 Å². The molecule has 100 valence electrons. The molecule has 0 amide bonds. The molecule has 3 nitrogen and oxygen atoms in total. The molecule has 0 fully saturated rings. The van der Waals surface area contributed by atoms with Crippen LogP contribution in [0.2, 0.25) is 0 Å². The summed E-state index contributed by atoms with van der Waals surface area (Å²) in [5.41, 5.74) is 4.95. The zero-order chi connectivity index (χ0) is 13.2. The Bertz CT molecular complexity index is 577. The van der Waals surface area contributed by atoms with E-state index in [0.29, 0.717) is 0 Å². The summed E-state index contributed by atoms with van der Waals surface area (Å²) in [6.07, 6.45) is 2.28. The normalized spacial score (nSPS) is 15.5. The minimum Gasteiger partial charge on any atom is -0.299 e. The Hall–Kier alpha value is -1.13. The molecule has 0 spiro atoms. The van der Waals surface area contributed by atoms with E-state index in [-0.39, 0.29) is 0 Å². The fourth-order valence-corrected chi connectivity index (χ4v) is 3.21. The van der Waals surface area contributed by atoms with Crippen LogP contribution in [-0.2, 0) is 13.0 Å². The molecule has 1 N–H and O–H groups in total. The molecule has 0 radical (unpaired) electrons. The van der Waals surface area contributed by atoms with E-state index >= 15 is 0 Å². The number of hydrogen-bond acceptors (Lipinski definition) is 2. The summed E-state index contributed by atoms with van der Waals surface area (Å²) < 4.78 is 1.11. The molecule has 1 aromatic carbocycles. The van der Waals surface area contributed by atoms with E-state index in [9.17, 15) is 0 Å². The van der Waals surface area contributed by atoms with Gasteiger partial charge in [-0.25, -0.2) is 0 Å². The summed E-state index contributed by atoms with van der Waals surface area (Å²) in [5.74, 6) is 0. The standard InChI is InChI=1S/C15H18BrN3/c1-2-8-19-9-7-14-12(10-19)15(18-17-14)11-5-3-4-6-13(11)16/h3-6H,2,7-10H2,1H3,(H,17,18). The number of fused-ring (bicyclic) bond motifs is 1. The van der Waals surface area contributed by atoms with E-state index in [4.69, 9.17) is 0 Å². The highest BCUT2D eigenvalue weighted by Gasteiger charge is 2.22. The first-order valence-corrected chi connectivity index (χ1v) is 7.62. The number of aromatic nitrogens is 2. The molecule has 1 aliphatic rings. The Morgan fingerprint density at radius 3 is 3.00 bits per heavy atom. The third kappa shape index (κ3) is 2.47. The molecule has 0 atom stereocenters. The summed E-state index contributed by atoms with van der Waals surface area (Å²) in [6.45, 7) is 5.55. The first kappa shape index (κ1) is 12.9. The Morgan fingerprint density at radius 2 is 2.21 bits per heavy atom. The second kappa shape index (κ2) is 5.47. The van der Waals surface area contributed by atoms with Gasteiger partial charge in [0.25, 0.3) is 0 Å². The van der Waals surface area contributed by atoms with E-state index in [0.717, 1.165) is 29.7 Å². The molecule has 2 heterocycles. The molecule has 4 heteroatoms. The van der Waals surface area contributed by atoms with Crippen LogP contribution < -0.4 is 0 Å². The number of aromatic amines is 1. The highest BCUT2D eigenvalue weighted by Crippen LogP contribution is 2.32. The maximum Gasteiger partial charge on any atom is 0.0979 e. The fraction of sp³-hybridized carbons (Fsp3) is 0.400. The van der Waals surface area contributed by atoms with Gasteiger partial charge in [0.05, 0.1) is 5.69 Å². The van der Waals surface area contributed by atoms with Crippen molar-refractivity contribution < 1.29 is 0 Å². The molecule has 1 aromatic heterocycles. The van der Waals surface area contributed by atoms with Gasteiger partial charge < -0.3 is 0 Å². The lowest BCUT2D eigenvalue weighted by Gasteiger charge is -2.26. The average Bonchev–Trinajstić information content (AvgIpc) is 2.83. The van der Waals surface area contributed by atoms with Gasteiger partial charge in [-0.1, -0.05) is 41.1 Å². The molecule has 1 aliphatic heterocycles. The third-order valence-electron chi connectivity index (χ3n) is 3.68. The number of H-pyrrole nitrogens is 1. The second-order valence-corrected chi connectivity index (χ2v) is 5.89. The van der Waals surface area contributed by atoms with E-state index in [1.807, 2.05) is 6.07 Å². The number of nitrogens with zero attached hydrogens (tertiary/aromatic N) is 2. The van der Waals surface area contributed by atoms with E-state index < -0.39 is 0 Å². The van der Waals surface area contributed by atoms with Crippen molar-refractivity contribution in [2.75, 3.05) is 13.1 Å². The maximum absolute atomic E-state index is 4.54. The molecular formula is C15H18BrN3. The summed E-state index contributed by atoms with van der Waals surface area (Å²) in [4.78, 5) is 2.51. The average molecular weight is 320 g/mol. The van der Waals surface area contributed by atoms with Crippen LogP contribution in [0.5, 0.6) is 0 Å². The van der Waals surface area contributed by atoms with Gasteiger partial charge in [-0.3, -0.25) is 10.00 Å². The van der Waals surface area contributed by atoms with E-state index in [1.54, 1.807) is 0 Å². The molecule has 0 saturated carbocycles. The fourth-order valence-electron chi connectivity index (χ4n) is 2.73. The topological polar surface area (TPSA) is 31.9 Å². The van der Waals surface area contributed by atoms with Crippen LogP contribution in [0.15, 0.2) is 28.7 Å². The summed E-state index contributed by atoms with van der Waals surface area (Å²) >= 11 is 3.62. The molecule has 3 rings (SSSR count). The largest absolute Gasteiger partial charge is 0.299 e. The number of rotatable bonds is 3. The lowest BCUT2D eigenvalue weighted by molar-refractivity contribution is 0.254. The Kier molecular flexibility index (Phi) is 3.71. The van der Waals surface area contributed by atoms with Crippen molar-refractivity contribution in [1.29, 1.82) is 0 Å². The minimum atomic E-state index is 1.01. The number of benzene rings is 1. The van der Waals surface area contributed by atoms with Crippen molar-refractivity contribution >= 4 is 15.9 Å². The molecule has 0 bridgehead atoms. The molecule has 0 aliphatic carbocycles. The van der Waals surface area contributed by atoms with Gasteiger partial charge in [0.2, 0.25) is 0 Å². The van der Waals surface area contributed by atoms with Crippen LogP contribution in [-0.4, -0.2) is 28.2 Å². The van der Waals surface area contributed by atoms with Gasteiger partial charge in [0.1, 0.15) is 0 Å². The van der Waals surface area contributed by atoms with Gasteiger partial charge in [0.15, 0.2) is 0 Å². The smallest absolute Gasteiger partial charge is 0.0979 e. The maximum atomic E-state index is 4.54. The lowest BCUT2D eigenvalue weighted by Crippen LogP contribution is -2.31. The summed E-state index contributed by atoms with van der Waals surface area (Å²) in [6, 6.07) is 8.30. The van der Waals surface area contributed by atoms with Gasteiger partial charge in [-0.2, -0.15) is 5.10 Å². The SMILES string of the molecule is CCCN1CCc2[nH]nc(-c3ccccc3Br)c2C1. The quantitative estimate of drug-likeness (QED) is 0.937. The Morgan fingerprint density at radius 1 is 1.37 bits per heavy atom. The van der Waals surface area contributed by atoms with Gasteiger partial charge in [-0.05, 0) is 19.0 Å². The van der Waals surface area contributed by atoms with E-state index in [2.05, 4.69) is 56.2 Å². The van der Waals surface area contributed by atoms with Crippen molar-refractivity contribution in [3.63, 3.8) is 0 Å². The van der Waals surface area contributed by atoms with Gasteiger partial charge in [0, 0.05) is 40.8 Å². The molecule has 0 saturated heterocycles.